The van der Waals surface area contributed by atoms with Gasteiger partial charge in [0.2, 0.25) is 5.95 Å². The lowest BCUT2D eigenvalue weighted by Gasteiger charge is -2.29. The Morgan fingerprint density at radius 1 is 1.15 bits per heavy atom. The molecule has 0 saturated carbocycles. The van der Waals surface area contributed by atoms with E-state index in [0.29, 0.717) is 17.7 Å². The number of para-hydroxylation sites is 2. The number of likely N-dealkylation sites (tertiary alicyclic amines) is 1. The van der Waals surface area contributed by atoms with Crippen molar-refractivity contribution < 1.29 is 0 Å². The molecule has 1 aliphatic heterocycles. The van der Waals surface area contributed by atoms with E-state index in [4.69, 9.17) is 0 Å². The molecule has 8 nitrogen and oxygen atoms in total. The van der Waals surface area contributed by atoms with Gasteiger partial charge in [0.15, 0.2) is 0 Å². The zero-order chi connectivity index (χ0) is 19.0. The molecule has 27 heavy (non-hydrogen) atoms. The molecular formula is C19H24N6O2. The number of rotatable bonds is 4. The van der Waals surface area contributed by atoms with Crippen molar-refractivity contribution in [3.05, 3.63) is 56.9 Å². The molecule has 0 amide bonds. The summed E-state index contributed by atoms with van der Waals surface area (Å²) in [5.74, 6) is 0.473. The quantitative estimate of drug-likeness (QED) is 0.717. The molecule has 2 N–H and O–H groups in total. The summed E-state index contributed by atoms with van der Waals surface area (Å²) in [6, 6.07) is 9.36. The van der Waals surface area contributed by atoms with Crippen molar-refractivity contribution >= 4 is 17.0 Å². The van der Waals surface area contributed by atoms with Gasteiger partial charge in [0.1, 0.15) is 0 Å². The fraction of sp³-hybridized carbons (Fsp3) is 0.421. The third-order valence-corrected chi connectivity index (χ3v) is 5.23. The van der Waals surface area contributed by atoms with E-state index in [1.54, 1.807) is 16.2 Å². The molecule has 0 atom stereocenters. The molecule has 142 valence electrons. The number of aromatic nitrogens is 4. The molecule has 0 radical (unpaired) electrons. The van der Waals surface area contributed by atoms with Gasteiger partial charge in [-0.05, 0) is 45.1 Å². The standard InChI is InChI=1S/C19H24N6O2/c1-23-9-7-13(8-10-23)20-18-21-14(11-17(26)22-18)12-25-16-6-4-3-5-15(16)24(2)19(25)27/h3-6,11,13H,7-10,12H2,1-2H3,(H2,20,21,22,26). The molecule has 2 aromatic heterocycles. The van der Waals surface area contributed by atoms with Crippen LogP contribution in [0.5, 0.6) is 0 Å². The zero-order valence-corrected chi connectivity index (χ0v) is 15.6. The first-order chi connectivity index (χ1) is 13.0. The second kappa shape index (κ2) is 7.03. The van der Waals surface area contributed by atoms with E-state index >= 15 is 0 Å². The number of benzene rings is 1. The monoisotopic (exact) mass is 368 g/mol. The number of piperidine rings is 1. The lowest BCUT2D eigenvalue weighted by Crippen LogP contribution is -2.37. The first-order valence-electron chi connectivity index (χ1n) is 9.21. The number of imidazole rings is 1. The fourth-order valence-electron chi connectivity index (χ4n) is 3.68. The summed E-state index contributed by atoms with van der Waals surface area (Å²) in [6.07, 6.45) is 2.01. The molecule has 0 spiro atoms. The smallest absolute Gasteiger partial charge is 0.329 e. The number of nitrogens with one attached hydrogen (secondary N) is 2. The minimum absolute atomic E-state index is 0.122. The van der Waals surface area contributed by atoms with E-state index in [-0.39, 0.29) is 17.8 Å². The highest BCUT2D eigenvalue weighted by Crippen LogP contribution is 2.14. The Morgan fingerprint density at radius 2 is 1.85 bits per heavy atom. The second-order valence-corrected chi connectivity index (χ2v) is 7.22. The van der Waals surface area contributed by atoms with Gasteiger partial charge >= 0.3 is 5.69 Å². The molecule has 0 bridgehead atoms. The lowest BCUT2D eigenvalue weighted by molar-refractivity contribution is 0.263. The van der Waals surface area contributed by atoms with Crippen LogP contribution in [0.4, 0.5) is 5.95 Å². The Bertz CT molecular complexity index is 1070. The van der Waals surface area contributed by atoms with Gasteiger partial charge < -0.3 is 10.2 Å². The van der Waals surface area contributed by atoms with Gasteiger partial charge in [0.25, 0.3) is 5.56 Å². The average molecular weight is 368 g/mol. The van der Waals surface area contributed by atoms with Crippen LogP contribution in [0.3, 0.4) is 0 Å². The molecule has 0 aliphatic carbocycles. The summed E-state index contributed by atoms with van der Waals surface area (Å²) >= 11 is 0. The average Bonchev–Trinajstić information content (AvgIpc) is 2.89. The summed E-state index contributed by atoms with van der Waals surface area (Å²) in [5.41, 5.74) is 1.91. The third-order valence-electron chi connectivity index (χ3n) is 5.23. The first-order valence-corrected chi connectivity index (χ1v) is 9.21. The molecule has 3 aromatic rings. The largest absolute Gasteiger partial charge is 0.353 e. The van der Waals surface area contributed by atoms with Gasteiger partial charge in [-0.15, -0.1) is 0 Å². The minimum atomic E-state index is -0.219. The van der Waals surface area contributed by atoms with Crippen LogP contribution < -0.4 is 16.6 Å². The number of hydrogen-bond acceptors (Lipinski definition) is 5. The Kier molecular flexibility index (Phi) is 4.57. The highest BCUT2D eigenvalue weighted by Gasteiger charge is 2.18. The number of nitrogens with zero attached hydrogens (tertiary/aromatic N) is 4. The van der Waals surface area contributed by atoms with Gasteiger partial charge in [-0.3, -0.25) is 18.9 Å². The van der Waals surface area contributed by atoms with Gasteiger partial charge in [0, 0.05) is 19.2 Å². The van der Waals surface area contributed by atoms with E-state index in [2.05, 4.69) is 27.2 Å². The number of hydrogen-bond donors (Lipinski definition) is 2. The van der Waals surface area contributed by atoms with Crippen molar-refractivity contribution in [1.82, 2.24) is 24.0 Å². The van der Waals surface area contributed by atoms with Crippen LogP contribution in [0.1, 0.15) is 18.5 Å². The Hall–Kier alpha value is -2.87. The van der Waals surface area contributed by atoms with Crippen molar-refractivity contribution in [2.75, 3.05) is 25.5 Å². The number of H-pyrrole nitrogens is 1. The Morgan fingerprint density at radius 3 is 2.59 bits per heavy atom. The maximum absolute atomic E-state index is 12.6. The van der Waals surface area contributed by atoms with E-state index < -0.39 is 0 Å². The highest BCUT2D eigenvalue weighted by molar-refractivity contribution is 5.75. The second-order valence-electron chi connectivity index (χ2n) is 7.22. The van der Waals surface area contributed by atoms with E-state index in [1.165, 1.54) is 6.07 Å². The lowest BCUT2D eigenvalue weighted by atomic mass is 10.1. The third kappa shape index (κ3) is 3.52. The van der Waals surface area contributed by atoms with E-state index in [1.807, 2.05) is 24.3 Å². The Labute approximate surface area is 156 Å². The van der Waals surface area contributed by atoms with Gasteiger partial charge in [-0.25, -0.2) is 9.78 Å². The van der Waals surface area contributed by atoms with Crippen LogP contribution in [0.25, 0.3) is 11.0 Å². The minimum Gasteiger partial charge on any atom is -0.353 e. The van der Waals surface area contributed by atoms with Crippen LogP contribution >= 0.6 is 0 Å². The van der Waals surface area contributed by atoms with Gasteiger partial charge in [-0.2, -0.15) is 0 Å². The van der Waals surface area contributed by atoms with Gasteiger partial charge in [-0.1, -0.05) is 12.1 Å². The molecule has 1 saturated heterocycles. The Balaban J connectivity index is 1.62. The molecule has 4 rings (SSSR count). The van der Waals surface area contributed by atoms with Crippen molar-refractivity contribution in [1.29, 1.82) is 0 Å². The summed E-state index contributed by atoms with van der Waals surface area (Å²) < 4.78 is 3.26. The number of fused-ring (bicyclic) bond motifs is 1. The summed E-state index contributed by atoms with van der Waals surface area (Å²) in [6.45, 7) is 2.30. The molecule has 1 aromatic carbocycles. The summed E-state index contributed by atoms with van der Waals surface area (Å²) in [7, 11) is 3.86. The van der Waals surface area contributed by atoms with Crippen LogP contribution in [0.2, 0.25) is 0 Å². The highest BCUT2D eigenvalue weighted by atomic mass is 16.1. The van der Waals surface area contributed by atoms with Crippen LogP contribution in [-0.2, 0) is 13.6 Å². The maximum atomic E-state index is 12.6. The van der Waals surface area contributed by atoms with Crippen LogP contribution in [0.15, 0.2) is 39.9 Å². The molecule has 1 aliphatic rings. The predicted molar refractivity (Wildman–Crippen MR) is 105 cm³/mol. The predicted octanol–water partition coefficient (Wildman–Crippen LogP) is 0.978. The van der Waals surface area contributed by atoms with Crippen LogP contribution in [0, 0.1) is 0 Å². The number of aromatic amines is 1. The topological polar surface area (TPSA) is 87.9 Å². The molecule has 1 fully saturated rings. The summed E-state index contributed by atoms with van der Waals surface area (Å²) in [5, 5.41) is 3.34. The molecule has 8 heteroatoms. The van der Waals surface area contributed by atoms with E-state index in [9.17, 15) is 9.59 Å². The molecule has 0 unspecified atom stereocenters. The van der Waals surface area contributed by atoms with Crippen LogP contribution in [-0.4, -0.2) is 50.2 Å². The zero-order valence-electron chi connectivity index (χ0n) is 15.6. The number of anilines is 1. The van der Waals surface area contributed by atoms with E-state index in [0.717, 1.165) is 37.0 Å². The molecular weight excluding hydrogens is 344 g/mol. The van der Waals surface area contributed by atoms with Crippen molar-refractivity contribution in [3.8, 4) is 0 Å². The fourth-order valence-corrected chi connectivity index (χ4v) is 3.68. The van der Waals surface area contributed by atoms with Crippen molar-refractivity contribution in [3.63, 3.8) is 0 Å². The normalized spacial score (nSPS) is 16.1. The van der Waals surface area contributed by atoms with Crippen molar-refractivity contribution in [2.24, 2.45) is 7.05 Å². The number of aryl methyl sites for hydroxylation is 1. The van der Waals surface area contributed by atoms with Crippen molar-refractivity contribution in [2.45, 2.75) is 25.4 Å². The first kappa shape index (κ1) is 17.5. The van der Waals surface area contributed by atoms with Gasteiger partial charge in [0.05, 0.1) is 23.3 Å². The maximum Gasteiger partial charge on any atom is 0.329 e. The SMILES string of the molecule is CN1CCC(Nc2nc(Cn3c(=O)n(C)c4ccccc43)cc(=O)[nH]2)CC1. The summed E-state index contributed by atoms with van der Waals surface area (Å²) in [4.78, 5) is 34.3. The molecule has 3 heterocycles.